The van der Waals surface area contributed by atoms with Crippen LogP contribution in [-0.2, 0) is 14.3 Å². The summed E-state index contributed by atoms with van der Waals surface area (Å²) in [5.41, 5.74) is 0. The van der Waals surface area contributed by atoms with Gasteiger partial charge in [0.2, 0.25) is 0 Å². The van der Waals surface area contributed by atoms with E-state index in [-0.39, 0.29) is 6.61 Å². The van der Waals surface area contributed by atoms with Crippen molar-refractivity contribution in [2.75, 3.05) is 13.2 Å². The highest BCUT2D eigenvalue weighted by molar-refractivity contribution is 5.81. The first-order valence-corrected chi connectivity index (χ1v) is 7.19. The molecule has 1 amide bonds. The Balaban J connectivity index is 4.09. The number of terminal acetylenes is 1. The van der Waals surface area contributed by atoms with Gasteiger partial charge in [0, 0.05) is 6.42 Å². The molecule has 0 unspecified atom stereocenters. The Kier molecular flexibility index (Phi) is 11.3. The number of esters is 1. The maximum Gasteiger partial charge on any atom is 0.407 e. The minimum atomic E-state index is -0.653. The zero-order chi connectivity index (χ0) is 15.2. The average molecular weight is 283 g/mol. The topological polar surface area (TPSA) is 64.6 Å². The molecule has 114 valence electrons. The van der Waals surface area contributed by atoms with Crippen LogP contribution < -0.4 is 5.32 Å². The lowest BCUT2D eigenvalue weighted by Crippen LogP contribution is -2.42. The maximum atomic E-state index is 11.8. The van der Waals surface area contributed by atoms with Crippen LogP contribution in [0.15, 0.2) is 0 Å². The summed E-state index contributed by atoms with van der Waals surface area (Å²) in [4.78, 5) is 23.3. The van der Waals surface area contributed by atoms with E-state index in [1.807, 2.05) is 6.92 Å². The number of nitrogens with one attached hydrogen (secondary N) is 1. The molecule has 0 radical (unpaired) electrons. The van der Waals surface area contributed by atoms with Crippen LogP contribution in [0.1, 0.15) is 52.4 Å². The van der Waals surface area contributed by atoms with E-state index in [9.17, 15) is 9.59 Å². The largest absolute Gasteiger partial charge is 0.464 e. The number of unbranched alkanes of at least 4 members (excludes halogenated alkanes) is 2. The highest BCUT2D eigenvalue weighted by Gasteiger charge is 2.21. The monoisotopic (exact) mass is 283 g/mol. The van der Waals surface area contributed by atoms with Gasteiger partial charge in [-0.1, -0.05) is 33.1 Å². The summed E-state index contributed by atoms with van der Waals surface area (Å²) in [5.74, 6) is 1.96. The van der Waals surface area contributed by atoms with Crippen LogP contribution in [0.4, 0.5) is 4.79 Å². The van der Waals surface area contributed by atoms with E-state index in [4.69, 9.17) is 15.9 Å². The Morgan fingerprint density at radius 3 is 2.50 bits per heavy atom. The van der Waals surface area contributed by atoms with Crippen LogP contribution in [0, 0.1) is 12.3 Å². The molecule has 0 aliphatic heterocycles. The van der Waals surface area contributed by atoms with E-state index in [0.717, 1.165) is 25.7 Å². The number of hydrogen-bond acceptors (Lipinski definition) is 4. The second-order valence-corrected chi connectivity index (χ2v) is 4.45. The molecule has 0 saturated carbocycles. The first kappa shape index (κ1) is 18.3. The number of carbonyl (C=O) groups excluding carboxylic acids is 2. The molecule has 1 atom stereocenters. The van der Waals surface area contributed by atoms with Crippen LogP contribution in [0.3, 0.4) is 0 Å². The summed E-state index contributed by atoms with van der Waals surface area (Å²) in [5, 5.41) is 2.51. The Labute approximate surface area is 121 Å². The summed E-state index contributed by atoms with van der Waals surface area (Å²) < 4.78 is 10.00. The van der Waals surface area contributed by atoms with Gasteiger partial charge < -0.3 is 14.8 Å². The van der Waals surface area contributed by atoms with Gasteiger partial charge in [-0.05, 0) is 12.8 Å². The maximum absolute atomic E-state index is 11.8. The third kappa shape index (κ3) is 9.26. The van der Waals surface area contributed by atoms with E-state index < -0.39 is 18.1 Å². The Bertz CT molecular complexity index is 322. The lowest BCUT2D eigenvalue weighted by atomic mass is 10.2. The minimum Gasteiger partial charge on any atom is -0.464 e. The van der Waals surface area contributed by atoms with Gasteiger partial charge in [-0.25, -0.2) is 9.59 Å². The zero-order valence-electron chi connectivity index (χ0n) is 12.4. The van der Waals surface area contributed by atoms with E-state index in [1.165, 1.54) is 0 Å². The van der Waals surface area contributed by atoms with Crippen molar-refractivity contribution in [3.8, 4) is 12.3 Å². The van der Waals surface area contributed by atoms with Crippen molar-refractivity contribution < 1.29 is 19.1 Å². The Morgan fingerprint density at radius 1 is 1.15 bits per heavy atom. The van der Waals surface area contributed by atoms with Gasteiger partial charge in [0.15, 0.2) is 0 Å². The normalized spacial score (nSPS) is 11.2. The first-order valence-electron chi connectivity index (χ1n) is 7.19. The molecule has 20 heavy (non-hydrogen) atoms. The molecule has 0 saturated heterocycles. The highest BCUT2D eigenvalue weighted by Crippen LogP contribution is 2.02. The fourth-order valence-electron chi connectivity index (χ4n) is 1.55. The van der Waals surface area contributed by atoms with Gasteiger partial charge in [-0.2, -0.15) is 0 Å². The van der Waals surface area contributed by atoms with Crippen molar-refractivity contribution in [1.29, 1.82) is 0 Å². The molecule has 0 aromatic rings. The third-order valence-corrected chi connectivity index (χ3v) is 2.63. The molecule has 0 rings (SSSR count). The average Bonchev–Trinajstić information content (AvgIpc) is 2.43. The lowest BCUT2D eigenvalue weighted by molar-refractivity contribution is -0.146. The van der Waals surface area contributed by atoms with Crippen molar-refractivity contribution in [3.05, 3.63) is 0 Å². The molecule has 5 heteroatoms. The van der Waals surface area contributed by atoms with E-state index in [2.05, 4.69) is 18.2 Å². The molecule has 0 aromatic heterocycles. The van der Waals surface area contributed by atoms with E-state index in [1.54, 1.807) is 0 Å². The second-order valence-electron chi connectivity index (χ2n) is 4.45. The van der Waals surface area contributed by atoms with Gasteiger partial charge in [0.1, 0.15) is 12.6 Å². The van der Waals surface area contributed by atoms with Gasteiger partial charge in [-0.15, -0.1) is 12.3 Å². The van der Waals surface area contributed by atoms with Gasteiger partial charge in [0.25, 0.3) is 0 Å². The Hall–Kier alpha value is -1.70. The number of hydrogen-bond donors (Lipinski definition) is 1. The molecular weight excluding hydrogens is 258 g/mol. The molecule has 0 spiro atoms. The highest BCUT2D eigenvalue weighted by atomic mass is 16.6. The minimum absolute atomic E-state index is 0.146. The predicted octanol–water partition coefficient (Wildman–Crippen LogP) is 2.64. The molecule has 1 N–H and O–H groups in total. The van der Waals surface area contributed by atoms with Gasteiger partial charge in [0.05, 0.1) is 6.61 Å². The van der Waals surface area contributed by atoms with Crippen LogP contribution in [0.2, 0.25) is 0 Å². The zero-order valence-corrected chi connectivity index (χ0v) is 12.4. The number of amides is 1. The second kappa shape index (κ2) is 12.3. The summed E-state index contributed by atoms with van der Waals surface area (Å²) >= 11 is 0. The van der Waals surface area contributed by atoms with Gasteiger partial charge in [-0.3, -0.25) is 0 Å². The first-order chi connectivity index (χ1) is 9.65. The van der Waals surface area contributed by atoms with Crippen molar-refractivity contribution in [1.82, 2.24) is 5.32 Å². The lowest BCUT2D eigenvalue weighted by Gasteiger charge is -2.16. The third-order valence-electron chi connectivity index (χ3n) is 2.63. The van der Waals surface area contributed by atoms with Crippen molar-refractivity contribution >= 4 is 12.1 Å². The standard InChI is InChI=1S/C15H25NO4/c1-4-7-9-12-19-14(17)13(10-6-3)16-15(18)20-11-8-5-2/h2,13H,4,6-12H2,1,3H3,(H,16,18)/t13-/m0/s1. The van der Waals surface area contributed by atoms with E-state index >= 15 is 0 Å². The SMILES string of the molecule is C#CCCOC(=O)N[C@@H](CCC)C(=O)OCCCCC. The summed E-state index contributed by atoms with van der Waals surface area (Å²) in [7, 11) is 0. The van der Waals surface area contributed by atoms with Crippen LogP contribution in [0.5, 0.6) is 0 Å². The fraction of sp³-hybridized carbons (Fsp3) is 0.733. The summed E-state index contributed by atoms with van der Waals surface area (Å²) in [6, 6.07) is -0.653. The quantitative estimate of drug-likeness (QED) is 0.380. The van der Waals surface area contributed by atoms with Crippen LogP contribution in [0.25, 0.3) is 0 Å². The molecule has 0 aromatic carbocycles. The number of ether oxygens (including phenoxy) is 2. The molecule has 0 bridgehead atoms. The van der Waals surface area contributed by atoms with Crippen molar-refractivity contribution in [2.24, 2.45) is 0 Å². The van der Waals surface area contributed by atoms with Crippen LogP contribution >= 0.6 is 0 Å². The number of carbonyl (C=O) groups is 2. The summed E-state index contributed by atoms with van der Waals surface area (Å²) in [6.07, 6.45) is 8.99. The summed E-state index contributed by atoms with van der Waals surface area (Å²) in [6.45, 7) is 4.55. The molecule has 0 aliphatic carbocycles. The smallest absolute Gasteiger partial charge is 0.407 e. The Morgan fingerprint density at radius 2 is 1.90 bits per heavy atom. The van der Waals surface area contributed by atoms with Gasteiger partial charge >= 0.3 is 12.1 Å². The van der Waals surface area contributed by atoms with E-state index in [0.29, 0.717) is 19.4 Å². The van der Waals surface area contributed by atoms with Crippen molar-refractivity contribution in [3.63, 3.8) is 0 Å². The van der Waals surface area contributed by atoms with Crippen molar-refractivity contribution in [2.45, 2.75) is 58.4 Å². The van der Waals surface area contributed by atoms with Crippen LogP contribution in [-0.4, -0.2) is 31.3 Å². The molecule has 0 heterocycles. The molecule has 5 nitrogen and oxygen atoms in total. The fourth-order valence-corrected chi connectivity index (χ4v) is 1.55. The number of rotatable bonds is 10. The molecule has 0 aliphatic rings. The predicted molar refractivity (Wildman–Crippen MR) is 77.1 cm³/mol. The molecular formula is C15H25NO4. The number of alkyl carbamates (subject to hydrolysis) is 1. The molecule has 0 fully saturated rings.